The highest BCUT2D eigenvalue weighted by Gasteiger charge is 2.58. The number of rotatable bonds is 3. The number of hydrogen-bond acceptors (Lipinski definition) is 5. The maximum Gasteiger partial charge on any atom is 0.309 e. The van der Waals surface area contributed by atoms with Crippen LogP contribution in [0.5, 0.6) is 0 Å². The number of carbonyl (C=O) groups is 2. The molecule has 1 fully saturated rings. The van der Waals surface area contributed by atoms with Crippen molar-refractivity contribution >= 4 is 11.8 Å². The van der Waals surface area contributed by atoms with Gasteiger partial charge < -0.3 is 15.4 Å². The van der Waals surface area contributed by atoms with Crippen LogP contribution in [0, 0.1) is 12.3 Å². The van der Waals surface area contributed by atoms with E-state index in [0.717, 1.165) is 24.5 Å². The molecule has 3 atom stereocenters. The third-order valence-electron chi connectivity index (χ3n) is 6.09. The van der Waals surface area contributed by atoms with Gasteiger partial charge in [0.2, 0.25) is 0 Å². The second kappa shape index (κ2) is 6.09. The average Bonchev–Trinajstić information content (AvgIpc) is 2.93. The van der Waals surface area contributed by atoms with Crippen molar-refractivity contribution < 1.29 is 14.3 Å². The number of fused-ring (bicyclic) bond motifs is 1. The second-order valence-electron chi connectivity index (χ2n) is 7.85. The van der Waals surface area contributed by atoms with Gasteiger partial charge >= 0.3 is 11.8 Å². The van der Waals surface area contributed by atoms with E-state index in [1.165, 1.54) is 0 Å². The van der Waals surface area contributed by atoms with E-state index in [2.05, 4.69) is 20.7 Å². The molecule has 1 aromatic rings. The summed E-state index contributed by atoms with van der Waals surface area (Å²) >= 11 is 0. The molecular weight excluding hydrogens is 322 g/mol. The van der Waals surface area contributed by atoms with Crippen LogP contribution >= 0.6 is 0 Å². The third-order valence-corrected chi connectivity index (χ3v) is 6.09. The standard InChI is InChI=1S/C17H27N5O3/c1-10-18-13-7-6-11(9-22(13)21-10)19-14(23)15(24)20-12-8-17(4,25-5)16(12,2)3/h11-12H,6-9H2,1-5H3,(H,19,23)(H,20,24). The highest BCUT2D eigenvalue weighted by Crippen LogP contribution is 2.51. The Hall–Kier alpha value is -1.96. The minimum atomic E-state index is -0.591. The van der Waals surface area contributed by atoms with E-state index in [1.807, 2.05) is 27.7 Å². The maximum absolute atomic E-state index is 12.3. The summed E-state index contributed by atoms with van der Waals surface area (Å²) in [5.74, 6) is 0.486. The predicted molar refractivity (Wildman–Crippen MR) is 90.8 cm³/mol. The largest absolute Gasteiger partial charge is 0.378 e. The molecule has 2 heterocycles. The Bertz CT molecular complexity index is 698. The van der Waals surface area contributed by atoms with Gasteiger partial charge in [-0.15, -0.1) is 0 Å². The number of amides is 2. The molecule has 1 saturated carbocycles. The van der Waals surface area contributed by atoms with Crippen LogP contribution in [0.1, 0.15) is 45.3 Å². The highest BCUT2D eigenvalue weighted by molar-refractivity contribution is 6.35. The van der Waals surface area contributed by atoms with E-state index >= 15 is 0 Å². The van der Waals surface area contributed by atoms with E-state index < -0.39 is 11.8 Å². The van der Waals surface area contributed by atoms with E-state index in [1.54, 1.807) is 11.8 Å². The monoisotopic (exact) mass is 349 g/mol. The van der Waals surface area contributed by atoms with Crippen molar-refractivity contribution in [1.82, 2.24) is 25.4 Å². The molecule has 3 rings (SSSR count). The van der Waals surface area contributed by atoms with Crippen LogP contribution in [0.2, 0.25) is 0 Å². The predicted octanol–water partition coefficient (Wildman–Crippen LogP) is 0.337. The van der Waals surface area contributed by atoms with Crippen molar-refractivity contribution in [3.05, 3.63) is 11.6 Å². The normalized spacial score (nSPS) is 30.1. The SMILES string of the molecule is COC1(C)CC(NC(=O)C(=O)NC2CCc3nc(C)nn3C2)C1(C)C. The number of ether oxygens (including phenoxy) is 1. The Morgan fingerprint density at radius 2 is 1.92 bits per heavy atom. The van der Waals surface area contributed by atoms with Gasteiger partial charge in [0.25, 0.3) is 0 Å². The van der Waals surface area contributed by atoms with Crippen molar-refractivity contribution in [3.63, 3.8) is 0 Å². The molecule has 0 aromatic carbocycles. The lowest BCUT2D eigenvalue weighted by Gasteiger charge is -2.59. The number of nitrogens with one attached hydrogen (secondary N) is 2. The average molecular weight is 349 g/mol. The van der Waals surface area contributed by atoms with Crippen LogP contribution in [0.3, 0.4) is 0 Å². The lowest BCUT2D eigenvalue weighted by molar-refractivity contribution is -0.183. The van der Waals surface area contributed by atoms with Crippen LogP contribution in [0.4, 0.5) is 0 Å². The summed E-state index contributed by atoms with van der Waals surface area (Å²) < 4.78 is 7.36. The first-order valence-electron chi connectivity index (χ1n) is 8.73. The zero-order valence-electron chi connectivity index (χ0n) is 15.5. The zero-order valence-corrected chi connectivity index (χ0v) is 15.5. The number of carbonyl (C=O) groups excluding carboxylic acids is 2. The van der Waals surface area contributed by atoms with E-state index in [-0.39, 0.29) is 23.1 Å². The summed E-state index contributed by atoms with van der Waals surface area (Å²) in [6.45, 7) is 8.50. The lowest BCUT2D eigenvalue weighted by Crippen LogP contribution is -2.69. The zero-order chi connectivity index (χ0) is 18.4. The number of hydrogen-bond donors (Lipinski definition) is 2. The van der Waals surface area contributed by atoms with Gasteiger partial charge in [0.15, 0.2) is 0 Å². The Morgan fingerprint density at radius 3 is 2.56 bits per heavy atom. The van der Waals surface area contributed by atoms with Crippen molar-refractivity contribution in [2.45, 2.75) is 71.2 Å². The molecule has 1 aliphatic carbocycles. The summed E-state index contributed by atoms with van der Waals surface area (Å²) in [6.07, 6.45) is 2.20. The number of aromatic nitrogens is 3. The molecule has 0 radical (unpaired) electrons. The first-order valence-corrected chi connectivity index (χ1v) is 8.73. The Kier molecular flexibility index (Phi) is 4.35. The molecule has 1 aromatic heterocycles. The molecule has 8 heteroatoms. The van der Waals surface area contributed by atoms with E-state index in [9.17, 15) is 9.59 Å². The quantitative estimate of drug-likeness (QED) is 0.767. The number of methoxy groups -OCH3 is 1. The molecule has 8 nitrogen and oxygen atoms in total. The summed E-state index contributed by atoms with van der Waals surface area (Å²) in [5, 5.41) is 9.97. The lowest BCUT2D eigenvalue weighted by atomic mass is 9.56. The molecule has 138 valence electrons. The molecular formula is C17H27N5O3. The van der Waals surface area contributed by atoms with Gasteiger partial charge in [0, 0.05) is 31.0 Å². The van der Waals surface area contributed by atoms with Crippen LogP contribution in [-0.2, 0) is 27.3 Å². The van der Waals surface area contributed by atoms with Gasteiger partial charge in [-0.2, -0.15) is 5.10 Å². The van der Waals surface area contributed by atoms with Crippen molar-refractivity contribution in [1.29, 1.82) is 0 Å². The fraction of sp³-hybridized carbons (Fsp3) is 0.765. The van der Waals surface area contributed by atoms with Gasteiger partial charge in [-0.1, -0.05) is 13.8 Å². The van der Waals surface area contributed by atoms with Gasteiger partial charge in [-0.25, -0.2) is 9.67 Å². The van der Waals surface area contributed by atoms with Gasteiger partial charge in [-0.05, 0) is 26.7 Å². The van der Waals surface area contributed by atoms with Crippen molar-refractivity contribution in [3.8, 4) is 0 Å². The summed E-state index contributed by atoms with van der Waals surface area (Å²) in [5.41, 5.74) is -0.512. The van der Waals surface area contributed by atoms with Crippen LogP contribution in [0.25, 0.3) is 0 Å². The van der Waals surface area contributed by atoms with Crippen LogP contribution in [0.15, 0.2) is 0 Å². The van der Waals surface area contributed by atoms with E-state index in [4.69, 9.17) is 4.74 Å². The maximum atomic E-state index is 12.3. The summed E-state index contributed by atoms with van der Waals surface area (Å²) in [7, 11) is 1.68. The molecule has 3 unspecified atom stereocenters. The Balaban J connectivity index is 1.53. The summed E-state index contributed by atoms with van der Waals surface area (Å²) in [4.78, 5) is 28.8. The number of aryl methyl sites for hydroxylation is 2. The molecule has 0 spiro atoms. The van der Waals surface area contributed by atoms with Gasteiger partial charge in [0.05, 0.1) is 12.1 Å². The van der Waals surface area contributed by atoms with Crippen molar-refractivity contribution in [2.24, 2.45) is 5.41 Å². The Morgan fingerprint density at radius 1 is 1.24 bits per heavy atom. The number of nitrogens with zero attached hydrogens (tertiary/aromatic N) is 3. The molecule has 2 aliphatic rings. The third kappa shape index (κ3) is 3.03. The van der Waals surface area contributed by atoms with Crippen LogP contribution < -0.4 is 10.6 Å². The van der Waals surface area contributed by atoms with E-state index in [0.29, 0.717) is 13.0 Å². The Labute approximate surface area is 147 Å². The molecule has 0 bridgehead atoms. The fourth-order valence-corrected chi connectivity index (χ4v) is 3.75. The molecule has 2 amide bonds. The highest BCUT2D eigenvalue weighted by atomic mass is 16.5. The minimum Gasteiger partial charge on any atom is -0.378 e. The topological polar surface area (TPSA) is 98.1 Å². The van der Waals surface area contributed by atoms with Crippen molar-refractivity contribution in [2.75, 3.05) is 7.11 Å². The first-order chi connectivity index (χ1) is 11.7. The summed E-state index contributed by atoms with van der Waals surface area (Å²) in [6, 6.07) is -0.183. The fourth-order valence-electron chi connectivity index (χ4n) is 3.75. The van der Waals surface area contributed by atoms with Gasteiger partial charge in [0.1, 0.15) is 11.6 Å². The first kappa shape index (κ1) is 17.8. The van der Waals surface area contributed by atoms with Crippen LogP contribution in [-0.4, -0.2) is 51.4 Å². The van der Waals surface area contributed by atoms with Gasteiger partial charge in [-0.3, -0.25) is 9.59 Å². The smallest absolute Gasteiger partial charge is 0.309 e. The molecule has 25 heavy (non-hydrogen) atoms. The molecule has 0 saturated heterocycles. The minimum absolute atomic E-state index is 0.0772. The second-order valence-corrected chi connectivity index (χ2v) is 7.85. The molecule has 1 aliphatic heterocycles. The molecule has 2 N–H and O–H groups in total.